The predicted molar refractivity (Wildman–Crippen MR) is 109 cm³/mol. The fourth-order valence-electron chi connectivity index (χ4n) is 3.80. The number of methoxy groups -OCH3 is 2. The molecule has 0 fully saturated rings. The van der Waals surface area contributed by atoms with E-state index in [1.54, 1.807) is 0 Å². The molecular formula is C19H12I2O4. The van der Waals surface area contributed by atoms with Gasteiger partial charge >= 0.3 is 11.9 Å². The van der Waals surface area contributed by atoms with Crippen molar-refractivity contribution < 1.29 is 19.1 Å². The summed E-state index contributed by atoms with van der Waals surface area (Å²) in [5.74, 6) is -0.978. The monoisotopic (exact) mass is 558 g/mol. The first-order valence-electron chi connectivity index (χ1n) is 7.49. The fourth-order valence-corrected chi connectivity index (χ4v) is 4.79. The molecule has 25 heavy (non-hydrogen) atoms. The lowest BCUT2D eigenvalue weighted by Gasteiger charge is -2.16. The fraction of sp³-hybridized carbons (Fsp3) is 0.158. The van der Waals surface area contributed by atoms with E-state index in [2.05, 4.69) is 45.2 Å². The van der Waals surface area contributed by atoms with E-state index in [0.29, 0.717) is 11.1 Å². The molecule has 126 valence electrons. The molecule has 2 aromatic carbocycles. The number of rotatable bonds is 2. The molecule has 0 aliphatic heterocycles. The van der Waals surface area contributed by atoms with Crippen LogP contribution in [-0.4, -0.2) is 26.2 Å². The van der Waals surface area contributed by atoms with Crippen molar-refractivity contribution in [3.8, 4) is 11.1 Å². The molecule has 1 spiro atoms. The molecule has 0 N–H and O–H groups in total. The van der Waals surface area contributed by atoms with Crippen LogP contribution in [0.1, 0.15) is 11.1 Å². The quantitative estimate of drug-likeness (QED) is 0.416. The smallest absolute Gasteiger partial charge is 0.335 e. The van der Waals surface area contributed by atoms with Gasteiger partial charge in [-0.15, -0.1) is 0 Å². The Morgan fingerprint density at radius 1 is 0.800 bits per heavy atom. The van der Waals surface area contributed by atoms with Gasteiger partial charge in [-0.1, -0.05) is 12.1 Å². The Morgan fingerprint density at radius 3 is 1.56 bits per heavy atom. The number of ether oxygens (including phenoxy) is 2. The lowest BCUT2D eigenvalue weighted by Crippen LogP contribution is -2.19. The molecule has 0 heterocycles. The minimum absolute atomic E-state index is 0.380. The third-order valence-electron chi connectivity index (χ3n) is 4.78. The standard InChI is InChI=1S/C19H12I2O4/c1-24-17(22)15-16(18(23)25-2)19(15)13-7-9(20)3-5-11(13)12-6-4-10(21)8-14(12)19/h3-8H,1-2H3. The third-order valence-corrected chi connectivity index (χ3v) is 6.12. The SMILES string of the molecule is COC(=O)C1=C(C(=O)OC)C12c1cc(I)ccc1-c1ccc(I)cc12. The van der Waals surface area contributed by atoms with E-state index in [1.807, 2.05) is 36.4 Å². The van der Waals surface area contributed by atoms with Crippen LogP contribution in [0.4, 0.5) is 0 Å². The van der Waals surface area contributed by atoms with Crippen LogP contribution >= 0.6 is 45.2 Å². The molecule has 2 aliphatic carbocycles. The number of carbonyl (C=O) groups is 2. The van der Waals surface area contributed by atoms with Crippen molar-refractivity contribution in [2.75, 3.05) is 14.2 Å². The van der Waals surface area contributed by atoms with E-state index < -0.39 is 17.4 Å². The lowest BCUT2D eigenvalue weighted by atomic mass is 9.85. The average Bonchev–Trinajstić information content (AvgIpc) is 3.24. The zero-order valence-electron chi connectivity index (χ0n) is 13.4. The van der Waals surface area contributed by atoms with Crippen LogP contribution < -0.4 is 0 Å². The van der Waals surface area contributed by atoms with Gasteiger partial charge in [-0.25, -0.2) is 9.59 Å². The Kier molecular flexibility index (Phi) is 3.95. The van der Waals surface area contributed by atoms with Crippen LogP contribution in [0, 0.1) is 7.14 Å². The number of esters is 2. The largest absolute Gasteiger partial charge is 0.466 e. The van der Waals surface area contributed by atoms with Crippen molar-refractivity contribution in [1.29, 1.82) is 0 Å². The predicted octanol–water partition coefficient (Wildman–Crippen LogP) is 3.82. The van der Waals surface area contributed by atoms with Crippen molar-refractivity contribution in [1.82, 2.24) is 0 Å². The summed E-state index contributed by atoms with van der Waals surface area (Å²) >= 11 is 4.48. The number of fused-ring (bicyclic) bond motifs is 5. The van der Waals surface area contributed by atoms with Crippen LogP contribution in [0.2, 0.25) is 0 Å². The van der Waals surface area contributed by atoms with Crippen molar-refractivity contribution in [2.24, 2.45) is 0 Å². The Morgan fingerprint density at radius 2 is 1.20 bits per heavy atom. The van der Waals surface area contributed by atoms with Gasteiger partial charge < -0.3 is 9.47 Å². The molecule has 0 bridgehead atoms. The summed E-state index contributed by atoms with van der Waals surface area (Å²) < 4.78 is 12.0. The summed E-state index contributed by atoms with van der Waals surface area (Å²) in [6.07, 6.45) is 0. The Bertz CT molecular complexity index is 911. The molecule has 4 nitrogen and oxygen atoms in total. The van der Waals surface area contributed by atoms with Crippen LogP contribution in [0.5, 0.6) is 0 Å². The molecule has 0 saturated heterocycles. The van der Waals surface area contributed by atoms with Crippen LogP contribution in [0.3, 0.4) is 0 Å². The molecule has 0 amide bonds. The highest BCUT2D eigenvalue weighted by atomic mass is 127. The van der Waals surface area contributed by atoms with Gasteiger partial charge in [0, 0.05) is 7.14 Å². The maximum Gasteiger partial charge on any atom is 0.335 e. The number of halogens is 2. The van der Waals surface area contributed by atoms with Crippen molar-refractivity contribution in [3.63, 3.8) is 0 Å². The summed E-state index contributed by atoms with van der Waals surface area (Å²) in [7, 11) is 2.66. The normalized spacial score (nSPS) is 15.7. The summed E-state index contributed by atoms with van der Waals surface area (Å²) in [5, 5.41) is 0. The van der Waals surface area contributed by atoms with E-state index in [-0.39, 0.29) is 0 Å². The molecule has 6 heteroatoms. The number of hydrogen-bond acceptors (Lipinski definition) is 4. The van der Waals surface area contributed by atoms with Gasteiger partial charge in [-0.05, 0) is 91.7 Å². The summed E-state index contributed by atoms with van der Waals surface area (Å²) in [6.45, 7) is 0. The van der Waals surface area contributed by atoms with Crippen molar-refractivity contribution in [2.45, 2.75) is 5.41 Å². The van der Waals surface area contributed by atoms with E-state index in [4.69, 9.17) is 9.47 Å². The van der Waals surface area contributed by atoms with Gasteiger partial charge in [0.05, 0.1) is 30.8 Å². The Hall–Kier alpha value is -1.42. The first-order chi connectivity index (χ1) is 12.0. The average molecular weight is 558 g/mol. The zero-order chi connectivity index (χ0) is 17.9. The molecule has 0 unspecified atom stereocenters. The first-order valence-corrected chi connectivity index (χ1v) is 9.64. The lowest BCUT2D eigenvalue weighted by molar-refractivity contribution is -0.137. The molecule has 0 radical (unpaired) electrons. The van der Waals surface area contributed by atoms with E-state index in [1.165, 1.54) is 14.2 Å². The highest BCUT2D eigenvalue weighted by Gasteiger charge is 2.66. The maximum absolute atomic E-state index is 12.5. The van der Waals surface area contributed by atoms with Gasteiger partial charge in [0.1, 0.15) is 0 Å². The van der Waals surface area contributed by atoms with Crippen LogP contribution in [0.25, 0.3) is 11.1 Å². The van der Waals surface area contributed by atoms with Gasteiger partial charge in [0.25, 0.3) is 0 Å². The second kappa shape index (κ2) is 5.80. The highest BCUT2D eigenvalue weighted by Crippen LogP contribution is 2.66. The molecule has 2 aromatic rings. The second-order valence-electron chi connectivity index (χ2n) is 5.86. The summed E-state index contributed by atoms with van der Waals surface area (Å²) in [5.41, 5.74) is 3.86. The van der Waals surface area contributed by atoms with Gasteiger partial charge in [0.2, 0.25) is 0 Å². The van der Waals surface area contributed by atoms with Crippen molar-refractivity contribution in [3.05, 3.63) is 65.8 Å². The summed E-state index contributed by atoms with van der Waals surface area (Å²) in [6, 6.07) is 12.2. The molecule has 4 rings (SSSR count). The molecule has 0 aromatic heterocycles. The van der Waals surface area contributed by atoms with Crippen LogP contribution in [0.15, 0.2) is 47.5 Å². The van der Waals surface area contributed by atoms with E-state index in [0.717, 1.165) is 29.4 Å². The number of benzene rings is 2. The minimum atomic E-state index is -0.854. The third kappa shape index (κ3) is 2.16. The second-order valence-corrected chi connectivity index (χ2v) is 8.35. The minimum Gasteiger partial charge on any atom is -0.466 e. The first kappa shape index (κ1) is 17.0. The van der Waals surface area contributed by atoms with E-state index in [9.17, 15) is 9.59 Å². The van der Waals surface area contributed by atoms with Crippen molar-refractivity contribution >= 4 is 57.1 Å². The van der Waals surface area contributed by atoms with E-state index >= 15 is 0 Å². The number of hydrogen-bond donors (Lipinski definition) is 0. The topological polar surface area (TPSA) is 52.6 Å². The highest BCUT2D eigenvalue weighted by molar-refractivity contribution is 14.1. The molecule has 0 saturated carbocycles. The Balaban J connectivity index is 2.06. The molecular weight excluding hydrogens is 546 g/mol. The maximum atomic E-state index is 12.5. The zero-order valence-corrected chi connectivity index (χ0v) is 17.7. The molecule has 2 aliphatic rings. The summed E-state index contributed by atoms with van der Waals surface area (Å²) in [4.78, 5) is 24.9. The van der Waals surface area contributed by atoms with Gasteiger partial charge in [0.15, 0.2) is 0 Å². The molecule has 0 atom stereocenters. The van der Waals surface area contributed by atoms with Gasteiger partial charge in [-0.2, -0.15) is 0 Å². The van der Waals surface area contributed by atoms with Gasteiger partial charge in [-0.3, -0.25) is 0 Å². The Labute approximate surface area is 171 Å². The van der Waals surface area contributed by atoms with Crippen LogP contribution in [-0.2, 0) is 24.5 Å². The number of carbonyl (C=O) groups excluding carboxylic acids is 2.